The van der Waals surface area contributed by atoms with E-state index in [1.165, 1.54) is 5.56 Å². The highest BCUT2D eigenvalue weighted by Crippen LogP contribution is 2.34. The summed E-state index contributed by atoms with van der Waals surface area (Å²) in [6.07, 6.45) is 4.15. The molecule has 0 amide bonds. The summed E-state index contributed by atoms with van der Waals surface area (Å²) >= 11 is 8.13. The first-order valence-electron chi connectivity index (χ1n) is 13.0. The predicted molar refractivity (Wildman–Crippen MR) is 164 cm³/mol. The second-order valence-corrected chi connectivity index (χ2v) is 10.5. The molecule has 0 N–H and O–H groups in total. The van der Waals surface area contributed by atoms with Crippen LogP contribution in [0.4, 0.5) is 0 Å². The minimum absolute atomic E-state index is 0.173. The standard InChI is InChI=1S/C34H28ClNO3S/c1-2-38-33(37)22-24-13-18-31(30(35)21-24)39-20-19-29(32-23-36-34(40-32)28-11-7-4-8-12-28)27-16-14-26(15-17-27)25-9-5-3-6-10-25/h3-19,21,23H,2,20,22H2,1H3/b29-19-. The highest BCUT2D eigenvalue weighted by Gasteiger charge is 2.13. The maximum Gasteiger partial charge on any atom is 0.310 e. The fourth-order valence-corrected chi connectivity index (χ4v) is 5.55. The fraction of sp³-hybridized carbons (Fsp3) is 0.118. The van der Waals surface area contributed by atoms with Crippen LogP contribution in [-0.2, 0) is 16.0 Å². The monoisotopic (exact) mass is 565 g/mol. The van der Waals surface area contributed by atoms with Crippen LogP contribution in [0, 0.1) is 0 Å². The van der Waals surface area contributed by atoms with Gasteiger partial charge in [-0.3, -0.25) is 4.79 Å². The van der Waals surface area contributed by atoms with Gasteiger partial charge in [0, 0.05) is 11.8 Å². The Bertz CT molecular complexity index is 1600. The number of carbonyl (C=O) groups is 1. The van der Waals surface area contributed by atoms with E-state index in [0.29, 0.717) is 24.0 Å². The Balaban J connectivity index is 1.39. The SMILES string of the molecule is CCOC(=O)Cc1ccc(OC/C=C(/c2ccc(-c3ccccc3)cc2)c2cnc(-c3ccccc3)s2)c(Cl)c1. The average molecular weight is 566 g/mol. The highest BCUT2D eigenvalue weighted by molar-refractivity contribution is 7.16. The number of carbonyl (C=O) groups excluding carboxylic acids is 1. The Kier molecular flexibility index (Phi) is 9.07. The van der Waals surface area contributed by atoms with Gasteiger partial charge in [-0.2, -0.15) is 0 Å². The lowest BCUT2D eigenvalue weighted by molar-refractivity contribution is -0.142. The number of hydrogen-bond acceptors (Lipinski definition) is 5. The van der Waals surface area contributed by atoms with Crippen LogP contribution in [0.15, 0.2) is 115 Å². The van der Waals surface area contributed by atoms with Crippen molar-refractivity contribution in [1.82, 2.24) is 4.98 Å². The summed E-state index contributed by atoms with van der Waals surface area (Å²) in [7, 11) is 0. The number of hydrogen-bond donors (Lipinski definition) is 0. The summed E-state index contributed by atoms with van der Waals surface area (Å²) in [6.45, 7) is 2.45. The number of ether oxygens (including phenoxy) is 2. The smallest absolute Gasteiger partial charge is 0.310 e. The van der Waals surface area contributed by atoms with Crippen LogP contribution in [0.25, 0.3) is 27.3 Å². The molecule has 0 aliphatic heterocycles. The molecule has 1 aromatic heterocycles. The van der Waals surface area contributed by atoms with E-state index in [-0.39, 0.29) is 12.4 Å². The first kappa shape index (κ1) is 27.4. The molecule has 6 heteroatoms. The zero-order chi connectivity index (χ0) is 27.7. The van der Waals surface area contributed by atoms with E-state index in [4.69, 9.17) is 26.1 Å². The third-order valence-electron chi connectivity index (χ3n) is 6.27. The second-order valence-electron chi connectivity index (χ2n) is 9.01. The molecule has 5 rings (SSSR count). The summed E-state index contributed by atoms with van der Waals surface area (Å²) in [5.41, 5.74) is 6.31. The zero-order valence-electron chi connectivity index (χ0n) is 22.0. The maximum atomic E-state index is 11.8. The molecule has 0 unspecified atom stereocenters. The quantitative estimate of drug-likeness (QED) is 0.159. The molecule has 4 aromatic carbocycles. The van der Waals surface area contributed by atoms with Gasteiger partial charge in [0.2, 0.25) is 0 Å². The van der Waals surface area contributed by atoms with Crippen molar-refractivity contribution in [2.75, 3.05) is 13.2 Å². The molecule has 0 saturated heterocycles. The molecule has 0 atom stereocenters. The van der Waals surface area contributed by atoms with Crippen molar-refractivity contribution in [2.24, 2.45) is 0 Å². The zero-order valence-corrected chi connectivity index (χ0v) is 23.6. The van der Waals surface area contributed by atoms with Crippen molar-refractivity contribution in [1.29, 1.82) is 0 Å². The Hall–Kier alpha value is -4.19. The van der Waals surface area contributed by atoms with Gasteiger partial charge in [-0.1, -0.05) is 103 Å². The van der Waals surface area contributed by atoms with E-state index in [1.54, 1.807) is 30.4 Å². The van der Waals surface area contributed by atoms with Gasteiger partial charge in [0.15, 0.2) is 0 Å². The van der Waals surface area contributed by atoms with Crippen molar-refractivity contribution < 1.29 is 14.3 Å². The molecule has 0 bridgehead atoms. The van der Waals surface area contributed by atoms with E-state index < -0.39 is 0 Å². The normalized spacial score (nSPS) is 11.3. The van der Waals surface area contributed by atoms with Gasteiger partial charge < -0.3 is 9.47 Å². The van der Waals surface area contributed by atoms with Gasteiger partial charge in [0.1, 0.15) is 17.4 Å². The minimum atomic E-state index is -0.280. The van der Waals surface area contributed by atoms with Crippen LogP contribution in [0.2, 0.25) is 5.02 Å². The van der Waals surface area contributed by atoms with Crippen LogP contribution in [0.5, 0.6) is 5.75 Å². The number of aromatic nitrogens is 1. The molecule has 5 aromatic rings. The second kappa shape index (κ2) is 13.2. The molecule has 0 saturated carbocycles. The largest absolute Gasteiger partial charge is 0.488 e. The van der Waals surface area contributed by atoms with Gasteiger partial charge in [-0.05, 0) is 53.0 Å². The van der Waals surface area contributed by atoms with E-state index in [9.17, 15) is 4.79 Å². The Morgan fingerprint density at radius 1 is 0.875 bits per heavy atom. The van der Waals surface area contributed by atoms with Gasteiger partial charge >= 0.3 is 5.97 Å². The van der Waals surface area contributed by atoms with Crippen LogP contribution in [0.3, 0.4) is 0 Å². The molecular weight excluding hydrogens is 538 g/mol. The molecule has 4 nitrogen and oxygen atoms in total. The molecule has 0 aliphatic carbocycles. The average Bonchev–Trinajstić information content (AvgIpc) is 3.48. The molecule has 200 valence electrons. The molecular formula is C34H28ClNO3S. The summed E-state index contributed by atoms with van der Waals surface area (Å²) in [5, 5.41) is 1.41. The third kappa shape index (κ3) is 6.87. The summed E-state index contributed by atoms with van der Waals surface area (Å²) in [5.74, 6) is 0.274. The Morgan fingerprint density at radius 3 is 2.23 bits per heavy atom. The minimum Gasteiger partial charge on any atom is -0.488 e. The molecule has 1 heterocycles. The van der Waals surface area contributed by atoms with Gasteiger partial charge in [-0.15, -0.1) is 11.3 Å². The van der Waals surface area contributed by atoms with Crippen molar-refractivity contribution in [3.05, 3.63) is 136 Å². The summed E-state index contributed by atoms with van der Waals surface area (Å²) in [4.78, 5) is 17.6. The number of benzene rings is 4. The topological polar surface area (TPSA) is 48.4 Å². The van der Waals surface area contributed by atoms with E-state index >= 15 is 0 Å². The maximum absolute atomic E-state index is 11.8. The third-order valence-corrected chi connectivity index (χ3v) is 7.65. The van der Waals surface area contributed by atoms with Crippen molar-refractivity contribution in [3.8, 4) is 27.4 Å². The van der Waals surface area contributed by atoms with E-state index in [1.807, 2.05) is 48.7 Å². The summed E-state index contributed by atoms with van der Waals surface area (Å²) in [6, 6.07) is 34.4. The van der Waals surface area contributed by atoms with Gasteiger partial charge in [0.25, 0.3) is 0 Å². The first-order valence-corrected chi connectivity index (χ1v) is 14.2. The number of rotatable bonds is 10. The number of thiazole rings is 1. The van der Waals surface area contributed by atoms with Crippen LogP contribution >= 0.6 is 22.9 Å². The van der Waals surface area contributed by atoms with Crippen LogP contribution in [0.1, 0.15) is 22.9 Å². The predicted octanol–water partition coefficient (Wildman–Crippen LogP) is 8.75. The fourth-order valence-electron chi connectivity index (χ4n) is 4.31. The van der Waals surface area contributed by atoms with E-state index in [0.717, 1.165) is 37.7 Å². The first-order chi connectivity index (χ1) is 19.6. The Labute approximate surface area is 243 Å². The lowest BCUT2D eigenvalue weighted by Gasteiger charge is -2.11. The van der Waals surface area contributed by atoms with Gasteiger partial charge in [-0.25, -0.2) is 4.98 Å². The van der Waals surface area contributed by atoms with Gasteiger partial charge in [0.05, 0.1) is 22.9 Å². The van der Waals surface area contributed by atoms with E-state index in [2.05, 4.69) is 54.6 Å². The number of esters is 1. The summed E-state index contributed by atoms with van der Waals surface area (Å²) < 4.78 is 11.1. The molecule has 0 radical (unpaired) electrons. The molecule has 0 fully saturated rings. The Morgan fingerprint density at radius 2 is 1.55 bits per heavy atom. The molecule has 0 spiro atoms. The molecule has 0 aliphatic rings. The van der Waals surface area contributed by atoms with Crippen molar-refractivity contribution >= 4 is 34.5 Å². The number of halogens is 1. The van der Waals surface area contributed by atoms with Crippen molar-refractivity contribution in [2.45, 2.75) is 13.3 Å². The van der Waals surface area contributed by atoms with Crippen molar-refractivity contribution in [3.63, 3.8) is 0 Å². The molecule has 40 heavy (non-hydrogen) atoms. The lowest BCUT2D eigenvalue weighted by atomic mass is 9.99. The van der Waals surface area contributed by atoms with Crippen LogP contribution < -0.4 is 4.74 Å². The van der Waals surface area contributed by atoms with Crippen LogP contribution in [-0.4, -0.2) is 24.2 Å². The lowest BCUT2D eigenvalue weighted by Crippen LogP contribution is -2.07. The highest BCUT2D eigenvalue weighted by atomic mass is 35.5. The number of nitrogens with zero attached hydrogens (tertiary/aromatic N) is 1.